The number of carbonyl (C=O) groups is 1. The Bertz CT molecular complexity index is 941. The summed E-state index contributed by atoms with van der Waals surface area (Å²) in [6.45, 7) is 0. The highest BCUT2D eigenvalue weighted by molar-refractivity contribution is 6.16. The van der Waals surface area contributed by atoms with E-state index in [1.54, 1.807) is 18.2 Å². The molecule has 1 aromatic heterocycles. The fourth-order valence-electron chi connectivity index (χ4n) is 2.53. The van der Waals surface area contributed by atoms with Crippen molar-refractivity contribution in [3.8, 4) is 11.5 Å². The number of ether oxygens (including phenoxy) is 2. The number of ketones is 1. The van der Waals surface area contributed by atoms with Gasteiger partial charge >= 0.3 is 0 Å². The average molecular weight is 326 g/mol. The van der Waals surface area contributed by atoms with Crippen LogP contribution in [-0.2, 0) is 0 Å². The molecule has 1 heterocycles. The highest BCUT2D eigenvalue weighted by atomic mass is 19.1. The maximum absolute atomic E-state index is 14.1. The van der Waals surface area contributed by atoms with E-state index < -0.39 is 11.6 Å². The Morgan fingerprint density at radius 3 is 2.42 bits per heavy atom. The van der Waals surface area contributed by atoms with Gasteiger partial charge in [-0.25, -0.2) is 4.39 Å². The first-order valence-corrected chi connectivity index (χ1v) is 7.15. The molecule has 0 radical (unpaired) electrons. The summed E-state index contributed by atoms with van der Waals surface area (Å²) in [6.07, 6.45) is 1.50. The number of carbonyl (C=O) groups excluding carboxylic acids is 1. The second kappa shape index (κ2) is 6.16. The van der Waals surface area contributed by atoms with Crippen LogP contribution in [0.1, 0.15) is 15.9 Å². The SMILES string of the molecule is COc1cc2nccc(C(=O)c3ccc(N)cc3F)c2cc1OC. The van der Waals surface area contributed by atoms with Crippen LogP contribution in [0.15, 0.2) is 42.6 Å². The van der Waals surface area contributed by atoms with Crippen molar-refractivity contribution in [3.63, 3.8) is 0 Å². The van der Waals surface area contributed by atoms with Gasteiger partial charge in [-0.05, 0) is 30.3 Å². The van der Waals surface area contributed by atoms with E-state index in [-0.39, 0.29) is 11.3 Å². The second-order valence-electron chi connectivity index (χ2n) is 5.15. The summed E-state index contributed by atoms with van der Waals surface area (Å²) in [5.41, 5.74) is 6.62. The number of methoxy groups -OCH3 is 2. The van der Waals surface area contributed by atoms with Crippen LogP contribution in [0.3, 0.4) is 0 Å². The van der Waals surface area contributed by atoms with Crippen LogP contribution in [0.5, 0.6) is 11.5 Å². The number of halogens is 1. The number of benzene rings is 2. The van der Waals surface area contributed by atoms with Gasteiger partial charge in [0, 0.05) is 28.9 Å². The van der Waals surface area contributed by atoms with E-state index in [9.17, 15) is 9.18 Å². The Hall–Kier alpha value is -3.15. The number of nitrogens with two attached hydrogens (primary N) is 1. The molecule has 0 aliphatic heterocycles. The van der Waals surface area contributed by atoms with Gasteiger partial charge in [-0.15, -0.1) is 0 Å². The molecular weight excluding hydrogens is 311 g/mol. The van der Waals surface area contributed by atoms with Crippen molar-refractivity contribution in [1.29, 1.82) is 0 Å². The number of nitrogens with zero attached hydrogens (tertiary/aromatic N) is 1. The number of pyridine rings is 1. The van der Waals surface area contributed by atoms with Gasteiger partial charge < -0.3 is 15.2 Å². The standard InChI is InChI=1S/C18H15FN2O3/c1-23-16-8-13-11(5-6-21-15(13)9-17(16)24-2)18(22)12-4-3-10(20)7-14(12)19/h3-9H,20H2,1-2H3. The lowest BCUT2D eigenvalue weighted by molar-refractivity contribution is 0.103. The summed E-state index contributed by atoms with van der Waals surface area (Å²) < 4.78 is 24.6. The smallest absolute Gasteiger partial charge is 0.196 e. The van der Waals surface area contributed by atoms with Crippen molar-refractivity contribution in [2.24, 2.45) is 0 Å². The molecule has 6 heteroatoms. The van der Waals surface area contributed by atoms with Crippen molar-refractivity contribution in [2.45, 2.75) is 0 Å². The molecule has 24 heavy (non-hydrogen) atoms. The minimum atomic E-state index is -0.662. The van der Waals surface area contributed by atoms with E-state index in [0.717, 1.165) is 6.07 Å². The normalized spacial score (nSPS) is 10.6. The molecule has 3 rings (SSSR count). The van der Waals surface area contributed by atoms with Gasteiger partial charge in [0.1, 0.15) is 5.82 Å². The molecular formula is C18H15FN2O3. The molecule has 0 bridgehead atoms. The van der Waals surface area contributed by atoms with E-state index in [0.29, 0.717) is 28.0 Å². The first kappa shape index (κ1) is 15.7. The minimum absolute atomic E-state index is 0.0496. The molecule has 0 atom stereocenters. The molecule has 0 amide bonds. The molecule has 0 aliphatic rings. The molecule has 5 nitrogen and oxygen atoms in total. The van der Waals surface area contributed by atoms with Crippen LogP contribution < -0.4 is 15.2 Å². The van der Waals surface area contributed by atoms with Gasteiger partial charge in [0.25, 0.3) is 0 Å². The highest BCUT2D eigenvalue weighted by Crippen LogP contribution is 2.33. The lowest BCUT2D eigenvalue weighted by atomic mass is 9.99. The molecule has 122 valence electrons. The van der Waals surface area contributed by atoms with E-state index in [1.807, 2.05) is 0 Å². The van der Waals surface area contributed by atoms with Crippen LogP contribution >= 0.6 is 0 Å². The maximum Gasteiger partial charge on any atom is 0.196 e. The van der Waals surface area contributed by atoms with E-state index >= 15 is 0 Å². The molecule has 3 aromatic rings. The monoisotopic (exact) mass is 326 g/mol. The molecule has 2 aromatic carbocycles. The first-order valence-electron chi connectivity index (χ1n) is 7.15. The van der Waals surface area contributed by atoms with Gasteiger partial charge in [-0.2, -0.15) is 0 Å². The summed E-state index contributed by atoms with van der Waals surface area (Å²) in [4.78, 5) is 17.0. The van der Waals surface area contributed by atoms with E-state index in [1.165, 1.54) is 32.5 Å². The van der Waals surface area contributed by atoms with Crippen molar-refractivity contribution < 1.29 is 18.7 Å². The number of hydrogen-bond acceptors (Lipinski definition) is 5. The number of anilines is 1. The maximum atomic E-state index is 14.1. The zero-order valence-corrected chi connectivity index (χ0v) is 13.2. The third kappa shape index (κ3) is 2.62. The molecule has 0 aliphatic carbocycles. The molecule has 2 N–H and O–H groups in total. The summed E-state index contributed by atoms with van der Waals surface area (Å²) in [7, 11) is 3.02. The third-order valence-electron chi connectivity index (χ3n) is 3.73. The summed E-state index contributed by atoms with van der Waals surface area (Å²) >= 11 is 0. The third-order valence-corrected chi connectivity index (χ3v) is 3.73. The van der Waals surface area contributed by atoms with Crippen LogP contribution in [-0.4, -0.2) is 25.0 Å². The average Bonchev–Trinajstić information content (AvgIpc) is 2.59. The largest absolute Gasteiger partial charge is 0.493 e. The van der Waals surface area contributed by atoms with Crippen molar-refractivity contribution in [1.82, 2.24) is 4.98 Å². The fourth-order valence-corrected chi connectivity index (χ4v) is 2.53. The molecule has 0 fully saturated rings. The summed E-state index contributed by atoms with van der Waals surface area (Å²) in [5, 5.41) is 0.552. The zero-order valence-electron chi connectivity index (χ0n) is 13.2. The Morgan fingerprint density at radius 1 is 1.04 bits per heavy atom. The van der Waals surface area contributed by atoms with Gasteiger partial charge in [-0.1, -0.05) is 0 Å². The summed E-state index contributed by atoms with van der Waals surface area (Å²) in [5.74, 6) is -0.150. The van der Waals surface area contributed by atoms with E-state index in [4.69, 9.17) is 15.2 Å². The van der Waals surface area contributed by atoms with Crippen molar-refractivity contribution in [3.05, 3.63) is 59.5 Å². The zero-order chi connectivity index (χ0) is 17.3. The predicted molar refractivity (Wildman–Crippen MR) is 89.1 cm³/mol. The number of aromatic nitrogens is 1. The van der Waals surface area contributed by atoms with Gasteiger partial charge in [0.05, 0.1) is 25.3 Å². The van der Waals surface area contributed by atoms with Crippen LogP contribution in [0.2, 0.25) is 0 Å². The van der Waals surface area contributed by atoms with Gasteiger partial charge in [0.15, 0.2) is 17.3 Å². The lowest BCUT2D eigenvalue weighted by Crippen LogP contribution is -2.06. The summed E-state index contributed by atoms with van der Waals surface area (Å²) in [6, 6.07) is 8.86. The van der Waals surface area contributed by atoms with E-state index in [2.05, 4.69) is 4.98 Å². The van der Waals surface area contributed by atoms with Gasteiger partial charge in [0.2, 0.25) is 0 Å². The number of fused-ring (bicyclic) bond motifs is 1. The highest BCUT2D eigenvalue weighted by Gasteiger charge is 2.18. The van der Waals surface area contributed by atoms with Crippen LogP contribution in [0.4, 0.5) is 10.1 Å². The molecule has 0 saturated carbocycles. The Morgan fingerprint density at radius 2 is 1.75 bits per heavy atom. The lowest BCUT2D eigenvalue weighted by Gasteiger charge is -2.11. The predicted octanol–water partition coefficient (Wildman–Crippen LogP) is 3.20. The second-order valence-corrected chi connectivity index (χ2v) is 5.15. The number of hydrogen-bond donors (Lipinski definition) is 1. The van der Waals surface area contributed by atoms with Crippen LogP contribution in [0, 0.1) is 5.82 Å². The molecule has 0 spiro atoms. The van der Waals surface area contributed by atoms with Crippen LogP contribution in [0.25, 0.3) is 10.9 Å². The fraction of sp³-hybridized carbons (Fsp3) is 0.111. The number of rotatable bonds is 4. The van der Waals surface area contributed by atoms with Crippen molar-refractivity contribution >= 4 is 22.4 Å². The minimum Gasteiger partial charge on any atom is -0.493 e. The quantitative estimate of drug-likeness (QED) is 0.588. The molecule has 0 unspecified atom stereocenters. The Labute approximate surface area is 137 Å². The van der Waals surface area contributed by atoms with Gasteiger partial charge in [-0.3, -0.25) is 9.78 Å². The number of nitrogen functional groups attached to an aromatic ring is 1. The topological polar surface area (TPSA) is 74.4 Å². The molecule has 0 saturated heterocycles. The Kier molecular flexibility index (Phi) is 4.04. The van der Waals surface area contributed by atoms with Crippen molar-refractivity contribution in [2.75, 3.05) is 20.0 Å². The first-order chi connectivity index (χ1) is 11.5. The Balaban J connectivity index is 2.20.